The summed E-state index contributed by atoms with van der Waals surface area (Å²) in [6.45, 7) is 1.73. The summed E-state index contributed by atoms with van der Waals surface area (Å²) in [4.78, 5) is 19.6. The third kappa shape index (κ3) is 5.43. The maximum absolute atomic E-state index is 11.0. The molecule has 0 saturated carbocycles. The van der Waals surface area contributed by atoms with Gasteiger partial charge in [0.25, 0.3) is 0 Å². The number of nitrogens with one attached hydrogen (secondary N) is 1. The summed E-state index contributed by atoms with van der Waals surface area (Å²) in [6.07, 6.45) is 4.02. The Morgan fingerprint density at radius 2 is 1.78 bits per heavy atom. The van der Waals surface area contributed by atoms with Crippen LogP contribution in [0.3, 0.4) is 0 Å². The molecular weight excluding hydrogens is 294 g/mol. The van der Waals surface area contributed by atoms with Crippen molar-refractivity contribution in [2.24, 2.45) is 0 Å². The molecular formula is C17H21N3O3. The quantitative estimate of drug-likeness (QED) is 0.677. The molecule has 1 heterocycles. The zero-order valence-corrected chi connectivity index (χ0v) is 13.0. The lowest BCUT2D eigenvalue weighted by atomic mass is 10.1. The zero-order chi connectivity index (χ0) is 16.7. The minimum absolute atomic E-state index is 0.292. The molecule has 122 valence electrons. The van der Waals surface area contributed by atoms with Gasteiger partial charge in [-0.25, -0.2) is 9.97 Å². The highest BCUT2D eigenvalue weighted by atomic mass is 16.4. The van der Waals surface area contributed by atoms with E-state index in [1.54, 1.807) is 12.4 Å². The summed E-state index contributed by atoms with van der Waals surface area (Å²) in [7, 11) is 0. The lowest BCUT2D eigenvalue weighted by Gasteiger charge is -2.16. The van der Waals surface area contributed by atoms with Crippen molar-refractivity contribution in [3.63, 3.8) is 0 Å². The van der Waals surface area contributed by atoms with Gasteiger partial charge in [-0.05, 0) is 18.9 Å². The fraction of sp³-hybridized carbons (Fsp3) is 0.353. The van der Waals surface area contributed by atoms with Crippen molar-refractivity contribution in [3.8, 4) is 0 Å². The van der Waals surface area contributed by atoms with Crippen LogP contribution in [0.15, 0.2) is 42.7 Å². The second-order valence-corrected chi connectivity index (χ2v) is 5.43. The number of aryl methyl sites for hydroxylation is 2. The van der Waals surface area contributed by atoms with Gasteiger partial charge < -0.3 is 10.2 Å². The van der Waals surface area contributed by atoms with Crippen LogP contribution in [0.4, 0.5) is 0 Å². The molecule has 1 aromatic heterocycles. The highest BCUT2D eigenvalue weighted by Crippen LogP contribution is 2.05. The minimum atomic E-state index is -1.08. The van der Waals surface area contributed by atoms with E-state index in [-0.39, 0.29) is 0 Å². The summed E-state index contributed by atoms with van der Waals surface area (Å²) in [5.74, 6) is -0.330. The van der Waals surface area contributed by atoms with Crippen molar-refractivity contribution < 1.29 is 15.0 Å². The Kier molecular flexibility index (Phi) is 6.19. The first-order valence-electron chi connectivity index (χ1n) is 7.54. The summed E-state index contributed by atoms with van der Waals surface area (Å²) in [6, 6.07) is 9.13. The van der Waals surface area contributed by atoms with Crippen molar-refractivity contribution >= 4 is 5.97 Å². The molecule has 0 bridgehead atoms. The Morgan fingerprint density at radius 1 is 1.13 bits per heavy atom. The first-order chi connectivity index (χ1) is 11.1. The predicted molar refractivity (Wildman–Crippen MR) is 85.8 cm³/mol. The Hall–Kier alpha value is -2.31. The van der Waals surface area contributed by atoms with Crippen LogP contribution in [0.5, 0.6) is 0 Å². The molecule has 0 radical (unpaired) electrons. The monoisotopic (exact) mass is 315 g/mol. The smallest absolute Gasteiger partial charge is 0.323 e. The van der Waals surface area contributed by atoms with Crippen LogP contribution in [0, 0.1) is 0 Å². The third-order valence-corrected chi connectivity index (χ3v) is 3.51. The lowest BCUT2D eigenvalue weighted by molar-refractivity contribution is -0.142. The van der Waals surface area contributed by atoms with Crippen LogP contribution in [0.25, 0.3) is 0 Å². The third-order valence-electron chi connectivity index (χ3n) is 3.51. The van der Waals surface area contributed by atoms with Crippen molar-refractivity contribution in [3.05, 3.63) is 59.7 Å². The Bertz CT molecular complexity index is 615. The summed E-state index contributed by atoms with van der Waals surface area (Å²) in [5, 5.41) is 21.2. The average molecular weight is 315 g/mol. The van der Waals surface area contributed by atoms with E-state index in [1.165, 1.54) is 12.5 Å². The summed E-state index contributed by atoms with van der Waals surface area (Å²) < 4.78 is 0. The van der Waals surface area contributed by atoms with Crippen molar-refractivity contribution in [2.45, 2.75) is 38.5 Å². The number of hydrogen-bond donors (Lipinski definition) is 3. The molecule has 23 heavy (non-hydrogen) atoms. The first kappa shape index (κ1) is 17.1. The van der Waals surface area contributed by atoms with Crippen LogP contribution in [-0.2, 0) is 24.2 Å². The second kappa shape index (κ2) is 8.36. The molecule has 2 aromatic rings. The van der Waals surface area contributed by atoms with Crippen LogP contribution < -0.4 is 5.32 Å². The maximum Gasteiger partial charge on any atom is 0.323 e. The van der Waals surface area contributed by atoms with Gasteiger partial charge >= 0.3 is 5.97 Å². The molecule has 6 nitrogen and oxygen atoms in total. The molecule has 0 aliphatic rings. The molecule has 0 unspecified atom stereocenters. The zero-order valence-electron chi connectivity index (χ0n) is 13.0. The first-order valence-corrected chi connectivity index (χ1v) is 7.54. The lowest BCUT2D eigenvalue weighted by Crippen LogP contribution is -2.44. The molecule has 3 N–H and O–H groups in total. The Balaban J connectivity index is 1.85. The molecule has 0 aliphatic heterocycles. The van der Waals surface area contributed by atoms with E-state index in [0.29, 0.717) is 6.54 Å². The molecule has 0 aliphatic carbocycles. The number of carbonyl (C=O) groups is 1. The van der Waals surface area contributed by atoms with E-state index in [2.05, 4.69) is 27.4 Å². The highest BCUT2D eigenvalue weighted by Gasteiger charge is 2.22. The molecule has 2 rings (SSSR count). The number of aliphatic hydroxyl groups excluding tert-OH is 1. The van der Waals surface area contributed by atoms with Crippen LogP contribution >= 0.6 is 0 Å². The SMILES string of the molecule is C[C@@H](O)[C@@H](NCc1cnc(CCc2ccccc2)nc1)C(=O)O. The molecule has 0 fully saturated rings. The van der Waals surface area contributed by atoms with Crippen molar-refractivity contribution in [1.29, 1.82) is 0 Å². The molecule has 0 saturated heterocycles. The van der Waals surface area contributed by atoms with E-state index < -0.39 is 18.1 Å². The van der Waals surface area contributed by atoms with E-state index in [1.807, 2.05) is 18.2 Å². The standard InChI is InChI=1S/C17H21N3O3/c1-12(21)16(17(22)23)20-11-14-9-18-15(19-10-14)8-7-13-5-3-2-4-6-13/h2-6,9-10,12,16,20-21H,7-8,11H2,1H3,(H,22,23)/t12-,16-/m1/s1. The molecule has 1 aromatic carbocycles. The van der Waals surface area contributed by atoms with Gasteiger partial charge in [0.2, 0.25) is 0 Å². The number of nitrogens with zero attached hydrogens (tertiary/aromatic N) is 2. The fourth-order valence-corrected chi connectivity index (χ4v) is 2.19. The van der Waals surface area contributed by atoms with Gasteiger partial charge in [-0.3, -0.25) is 10.1 Å². The average Bonchev–Trinajstić information content (AvgIpc) is 2.54. The number of aliphatic hydroxyl groups is 1. The number of carboxylic acid groups (broad SMARTS) is 1. The molecule has 2 atom stereocenters. The van der Waals surface area contributed by atoms with Crippen LogP contribution in [0.1, 0.15) is 23.9 Å². The summed E-state index contributed by atoms with van der Waals surface area (Å²) in [5.41, 5.74) is 2.02. The van der Waals surface area contributed by atoms with E-state index in [4.69, 9.17) is 5.11 Å². The van der Waals surface area contributed by atoms with Crippen LogP contribution in [-0.4, -0.2) is 38.3 Å². The van der Waals surface area contributed by atoms with Gasteiger partial charge in [0.05, 0.1) is 6.10 Å². The number of hydrogen-bond acceptors (Lipinski definition) is 5. The number of aliphatic carboxylic acids is 1. The molecule has 6 heteroatoms. The minimum Gasteiger partial charge on any atom is -0.480 e. The fourth-order valence-electron chi connectivity index (χ4n) is 2.19. The van der Waals surface area contributed by atoms with Gasteiger partial charge in [0, 0.05) is 30.9 Å². The van der Waals surface area contributed by atoms with Gasteiger partial charge in [0.1, 0.15) is 11.9 Å². The number of aromatic nitrogens is 2. The number of rotatable bonds is 8. The van der Waals surface area contributed by atoms with E-state index in [9.17, 15) is 9.90 Å². The second-order valence-electron chi connectivity index (χ2n) is 5.43. The summed E-state index contributed by atoms with van der Waals surface area (Å²) >= 11 is 0. The number of benzene rings is 1. The van der Waals surface area contributed by atoms with Gasteiger partial charge in [0.15, 0.2) is 0 Å². The predicted octanol–water partition coefficient (Wildman–Crippen LogP) is 1.19. The molecule has 0 spiro atoms. The topological polar surface area (TPSA) is 95.3 Å². The highest BCUT2D eigenvalue weighted by molar-refractivity contribution is 5.74. The Morgan fingerprint density at radius 3 is 2.35 bits per heavy atom. The largest absolute Gasteiger partial charge is 0.480 e. The van der Waals surface area contributed by atoms with Crippen molar-refractivity contribution in [2.75, 3.05) is 0 Å². The van der Waals surface area contributed by atoms with Crippen molar-refractivity contribution in [1.82, 2.24) is 15.3 Å². The van der Waals surface area contributed by atoms with E-state index in [0.717, 1.165) is 24.2 Å². The normalized spacial score (nSPS) is 13.5. The van der Waals surface area contributed by atoms with Crippen LogP contribution in [0.2, 0.25) is 0 Å². The van der Waals surface area contributed by atoms with Gasteiger partial charge in [-0.15, -0.1) is 0 Å². The molecule has 0 amide bonds. The Labute approximate surface area is 135 Å². The van der Waals surface area contributed by atoms with E-state index >= 15 is 0 Å². The van der Waals surface area contributed by atoms with Gasteiger partial charge in [-0.1, -0.05) is 30.3 Å². The van der Waals surface area contributed by atoms with Gasteiger partial charge in [-0.2, -0.15) is 0 Å². The number of carboxylic acids is 1. The maximum atomic E-state index is 11.0.